The predicted molar refractivity (Wildman–Crippen MR) is 92.6 cm³/mol. The quantitative estimate of drug-likeness (QED) is 0.755. The lowest BCUT2D eigenvalue weighted by atomic mass is 9.95. The van der Waals surface area contributed by atoms with Crippen LogP contribution < -0.4 is 5.32 Å². The monoisotopic (exact) mass is 355 g/mol. The fourth-order valence-corrected chi connectivity index (χ4v) is 4.29. The van der Waals surface area contributed by atoms with Crippen molar-refractivity contribution in [3.63, 3.8) is 0 Å². The van der Waals surface area contributed by atoms with E-state index in [9.17, 15) is 0 Å². The SMILES string of the molecule is CCCNC(Cc1c(Br)c(CC)nn1C)CC1CCCC1. The van der Waals surface area contributed by atoms with Crippen molar-refractivity contribution in [2.75, 3.05) is 6.54 Å². The number of hydrogen-bond donors (Lipinski definition) is 1. The molecule has 1 aromatic heterocycles. The Labute approximate surface area is 138 Å². The summed E-state index contributed by atoms with van der Waals surface area (Å²) in [7, 11) is 2.08. The van der Waals surface area contributed by atoms with Crippen LogP contribution >= 0.6 is 15.9 Å². The molecule has 0 radical (unpaired) electrons. The molecule has 1 aliphatic carbocycles. The van der Waals surface area contributed by atoms with Gasteiger partial charge < -0.3 is 5.32 Å². The second-order valence-electron chi connectivity index (χ2n) is 6.43. The number of nitrogens with one attached hydrogen (secondary N) is 1. The molecule has 1 fully saturated rings. The van der Waals surface area contributed by atoms with Crippen molar-refractivity contribution in [3.8, 4) is 0 Å². The molecule has 120 valence electrons. The lowest BCUT2D eigenvalue weighted by molar-refractivity contribution is 0.379. The Morgan fingerprint density at radius 3 is 2.62 bits per heavy atom. The van der Waals surface area contributed by atoms with Crippen molar-refractivity contribution in [2.24, 2.45) is 13.0 Å². The topological polar surface area (TPSA) is 29.9 Å². The standard InChI is InChI=1S/C17H30BrN3/c1-4-10-19-14(11-13-8-6-7-9-13)12-16-17(18)15(5-2)20-21(16)3/h13-14,19H,4-12H2,1-3H3. The number of aryl methyl sites for hydroxylation is 2. The van der Waals surface area contributed by atoms with E-state index in [2.05, 4.69) is 51.9 Å². The molecule has 0 saturated heterocycles. The largest absolute Gasteiger partial charge is 0.314 e. The van der Waals surface area contributed by atoms with Crippen molar-refractivity contribution in [1.82, 2.24) is 15.1 Å². The van der Waals surface area contributed by atoms with Gasteiger partial charge in [-0.3, -0.25) is 4.68 Å². The first kappa shape index (κ1) is 17.0. The predicted octanol–water partition coefficient (Wildman–Crippen LogP) is 4.24. The number of hydrogen-bond acceptors (Lipinski definition) is 2. The summed E-state index contributed by atoms with van der Waals surface area (Å²) in [6, 6.07) is 0.587. The Bertz CT molecular complexity index is 435. The molecule has 0 spiro atoms. The van der Waals surface area contributed by atoms with Crippen LogP contribution in [-0.4, -0.2) is 22.4 Å². The van der Waals surface area contributed by atoms with E-state index in [0.29, 0.717) is 6.04 Å². The summed E-state index contributed by atoms with van der Waals surface area (Å²) in [5, 5.41) is 8.40. The molecule has 1 heterocycles. The zero-order valence-electron chi connectivity index (χ0n) is 13.8. The van der Waals surface area contributed by atoms with Crippen molar-refractivity contribution in [3.05, 3.63) is 15.9 Å². The summed E-state index contributed by atoms with van der Waals surface area (Å²) in [4.78, 5) is 0. The Kier molecular flexibility index (Phi) is 6.74. The fraction of sp³-hybridized carbons (Fsp3) is 0.824. The summed E-state index contributed by atoms with van der Waals surface area (Å²) in [6.07, 6.45) is 10.3. The van der Waals surface area contributed by atoms with Gasteiger partial charge in [-0.15, -0.1) is 0 Å². The van der Waals surface area contributed by atoms with E-state index in [0.717, 1.165) is 25.3 Å². The van der Waals surface area contributed by atoms with E-state index < -0.39 is 0 Å². The van der Waals surface area contributed by atoms with Crippen molar-refractivity contribution in [1.29, 1.82) is 0 Å². The van der Waals surface area contributed by atoms with Crippen molar-refractivity contribution >= 4 is 15.9 Å². The Balaban J connectivity index is 2.04. The minimum Gasteiger partial charge on any atom is -0.314 e. The molecule has 1 saturated carbocycles. The van der Waals surface area contributed by atoms with Gasteiger partial charge in [0.05, 0.1) is 15.9 Å². The lowest BCUT2D eigenvalue weighted by Gasteiger charge is -2.22. The van der Waals surface area contributed by atoms with Crippen molar-refractivity contribution in [2.45, 2.75) is 71.3 Å². The van der Waals surface area contributed by atoms with Crippen molar-refractivity contribution < 1.29 is 0 Å². The highest BCUT2D eigenvalue weighted by molar-refractivity contribution is 9.10. The molecule has 0 aromatic carbocycles. The molecular weight excluding hydrogens is 326 g/mol. The van der Waals surface area contributed by atoms with Gasteiger partial charge in [-0.05, 0) is 47.7 Å². The van der Waals surface area contributed by atoms with Crippen LogP contribution in [0.5, 0.6) is 0 Å². The molecule has 3 nitrogen and oxygen atoms in total. The summed E-state index contributed by atoms with van der Waals surface area (Å²) in [5.41, 5.74) is 2.53. The highest BCUT2D eigenvalue weighted by atomic mass is 79.9. The van der Waals surface area contributed by atoms with E-state index in [-0.39, 0.29) is 0 Å². The summed E-state index contributed by atoms with van der Waals surface area (Å²) >= 11 is 3.76. The maximum atomic E-state index is 4.64. The van der Waals surface area contributed by atoms with Gasteiger partial charge in [0.2, 0.25) is 0 Å². The lowest BCUT2D eigenvalue weighted by Crippen LogP contribution is -2.34. The first-order valence-corrected chi connectivity index (χ1v) is 9.38. The van der Waals surface area contributed by atoms with Crippen LogP contribution in [0.3, 0.4) is 0 Å². The summed E-state index contributed by atoms with van der Waals surface area (Å²) in [5.74, 6) is 0.928. The van der Waals surface area contributed by atoms with Crippen LogP contribution in [0.2, 0.25) is 0 Å². The average Bonchev–Trinajstić information content (AvgIpc) is 3.07. The van der Waals surface area contributed by atoms with Gasteiger partial charge in [-0.1, -0.05) is 39.5 Å². The maximum Gasteiger partial charge on any atom is 0.0766 e. The highest BCUT2D eigenvalue weighted by Crippen LogP contribution is 2.30. The minimum absolute atomic E-state index is 0.587. The van der Waals surface area contributed by atoms with Gasteiger partial charge >= 0.3 is 0 Å². The molecular formula is C17H30BrN3. The Hall–Kier alpha value is -0.350. The molecule has 1 N–H and O–H groups in total. The van der Waals surface area contributed by atoms with Crippen LogP contribution in [0.15, 0.2) is 4.47 Å². The normalized spacial score (nSPS) is 17.5. The van der Waals surface area contributed by atoms with Gasteiger partial charge in [0.25, 0.3) is 0 Å². The molecule has 0 amide bonds. The van der Waals surface area contributed by atoms with Gasteiger partial charge in [0.15, 0.2) is 0 Å². The van der Waals surface area contributed by atoms with E-state index >= 15 is 0 Å². The van der Waals surface area contributed by atoms with E-state index in [4.69, 9.17) is 0 Å². The van der Waals surface area contributed by atoms with E-state index in [1.807, 2.05) is 0 Å². The second-order valence-corrected chi connectivity index (χ2v) is 7.22. The van der Waals surface area contributed by atoms with E-state index in [1.54, 1.807) is 0 Å². The first-order valence-electron chi connectivity index (χ1n) is 8.59. The number of rotatable bonds is 8. The fourth-order valence-electron chi connectivity index (χ4n) is 3.51. The number of halogens is 1. The molecule has 0 aliphatic heterocycles. The minimum atomic E-state index is 0.587. The molecule has 1 unspecified atom stereocenters. The first-order chi connectivity index (χ1) is 10.2. The van der Waals surface area contributed by atoms with Gasteiger partial charge in [0, 0.05) is 19.5 Å². The smallest absolute Gasteiger partial charge is 0.0766 e. The highest BCUT2D eigenvalue weighted by Gasteiger charge is 2.22. The van der Waals surface area contributed by atoms with Crippen LogP contribution in [-0.2, 0) is 19.9 Å². The third-order valence-electron chi connectivity index (χ3n) is 4.72. The van der Waals surface area contributed by atoms with Gasteiger partial charge in [0.1, 0.15) is 0 Å². The third kappa shape index (κ3) is 4.56. The van der Waals surface area contributed by atoms with Gasteiger partial charge in [-0.2, -0.15) is 5.10 Å². The Morgan fingerprint density at radius 1 is 1.33 bits per heavy atom. The zero-order chi connectivity index (χ0) is 15.2. The molecule has 2 rings (SSSR count). The molecule has 1 atom stereocenters. The van der Waals surface area contributed by atoms with Crippen LogP contribution in [0.25, 0.3) is 0 Å². The van der Waals surface area contributed by atoms with Crippen LogP contribution in [0, 0.1) is 5.92 Å². The van der Waals surface area contributed by atoms with Crippen LogP contribution in [0.4, 0.5) is 0 Å². The molecule has 0 bridgehead atoms. The van der Waals surface area contributed by atoms with Crippen LogP contribution in [0.1, 0.15) is 63.8 Å². The van der Waals surface area contributed by atoms with Gasteiger partial charge in [-0.25, -0.2) is 0 Å². The third-order valence-corrected chi connectivity index (χ3v) is 5.63. The number of nitrogens with zero attached hydrogens (tertiary/aromatic N) is 2. The summed E-state index contributed by atoms with van der Waals surface area (Å²) in [6.45, 7) is 5.53. The second kappa shape index (κ2) is 8.33. The molecule has 1 aliphatic rings. The zero-order valence-corrected chi connectivity index (χ0v) is 15.4. The molecule has 21 heavy (non-hydrogen) atoms. The van der Waals surface area contributed by atoms with E-state index in [1.165, 1.54) is 54.4 Å². The molecule has 1 aromatic rings. The number of aromatic nitrogens is 2. The Morgan fingerprint density at radius 2 is 2.05 bits per heavy atom. The molecule has 4 heteroatoms. The maximum absolute atomic E-state index is 4.64. The summed E-state index contributed by atoms with van der Waals surface area (Å²) < 4.78 is 3.29. The average molecular weight is 356 g/mol.